The van der Waals surface area contributed by atoms with E-state index in [1.807, 2.05) is 12.1 Å². The molecule has 0 radical (unpaired) electrons. The summed E-state index contributed by atoms with van der Waals surface area (Å²) in [5, 5.41) is 3.75. The summed E-state index contributed by atoms with van der Waals surface area (Å²) >= 11 is 4.68. The number of benzene rings is 1. The van der Waals surface area contributed by atoms with E-state index >= 15 is 0 Å². The minimum atomic E-state index is 0.905. The first-order valence-electron chi connectivity index (χ1n) is 5.60. The molecule has 1 aliphatic carbocycles. The van der Waals surface area contributed by atoms with E-state index in [1.54, 1.807) is 0 Å². The Balaban J connectivity index is 2.32. The molecule has 3 heteroatoms. The first-order valence-corrected chi connectivity index (χ1v) is 6.01. The highest BCUT2D eigenvalue weighted by atomic mass is 32.1. The summed E-state index contributed by atoms with van der Waals surface area (Å²) in [6.07, 6.45) is 4.91. The van der Waals surface area contributed by atoms with Crippen molar-refractivity contribution in [3.63, 3.8) is 0 Å². The van der Waals surface area contributed by atoms with Crippen LogP contribution in [0.5, 0.6) is 0 Å². The van der Waals surface area contributed by atoms with E-state index in [0.717, 1.165) is 17.6 Å². The Morgan fingerprint density at radius 2 is 2.12 bits per heavy atom. The molecule has 2 nitrogen and oxygen atoms in total. The summed E-state index contributed by atoms with van der Waals surface area (Å²) in [4.78, 5) is 7.60. The first-order chi connectivity index (χ1) is 7.90. The fourth-order valence-corrected chi connectivity index (χ4v) is 2.66. The number of hydrogen-bond acceptors (Lipinski definition) is 2. The van der Waals surface area contributed by atoms with Gasteiger partial charge in [0.25, 0.3) is 0 Å². The van der Waals surface area contributed by atoms with Crippen LogP contribution in [-0.2, 0) is 12.8 Å². The van der Waals surface area contributed by atoms with Crippen LogP contribution in [0, 0.1) is 0 Å². The third-order valence-corrected chi connectivity index (χ3v) is 3.37. The van der Waals surface area contributed by atoms with Crippen LogP contribution >= 0.6 is 12.2 Å². The van der Waals surface area contributed by atoms with Crippen molar-refractivity contribution in [1.29, 1.82) is 0 Å². The molecule has 0 unspecified atom stereocenters. The van der Waals surface area contributed by atoms with Crippen molar-refractivity contribution in [2.45, 2.75) is 25.7 Å². The fourth-order valence-electron chi connectivity index (χ4n) is 2.56. The van der Waals surface area contributed by atoms with Gasteiger partial charge in [-0.1, -0.05) is 12.1 Å². The predicted octanol–water partition coefficient (Wildman–Crippen LogP) is 3.78. The van der Waals surface area contributed by atoms with E-state index in [1.165, 1.54) is 35.9 Å². The van der Waals surface area contributed by atoms with Gasteiger partial charge < -0.3 is 4.98 Å². The SMILES string of the molecule is S=C=Nc1cccc2c3c([nH]c12)CCCC3. The van der Waals surface area contributed by atoms with Gasteiger partial charge in [-0.05, 0) is 49.5 Å². The van der Waals surface area contributed by atoms with Crippen LogP contribution < -0.4 is 0 Å². The van der Waals surface area contributed by atoms with Gasteiger partial charge in [-0.3, -0.25) is 0 Å². The molecule has 0 saturated heterocycles. The van der Waals surface area contributed by atoms with Gasteiger partial charge in [0.1, 0.15) is 0 Å². The number of thiocarbonyl (C=S) groups is 1. The number of fused-ring (bicyclic) bond motifs is 3. The third kappa shape index (κ3) is 1.41. The molecule has 0 spiro atoms. The van der Waals surface area contributed by atoms with Crippen molar-refractivity contribution in [2.75, 3.05) is 0 Å². The number of nitrogens with one attached hydrogen (secondary N) is 1. The van der Waals surface area contributed by atoms with Gasteiger partial charge in [0.05, 0.1) is 16.4 Å². The summed E-state index contributed by atoms with van der Waals surface area (Å²) in [6, 6.07) is 6.18. The van der Waals surface area contributed by atoms with Crippen LogP contribution in [-0.4, -0.2) is 10.1 Å². The summed E-state index contributed by atoms with van der Waals surface area (Å²) in [5.74, 6) is 0. The van der Waals surface area contributed by atoms with E-state index in [-0.39, 0.29) is 0 Å². The molecule has 0 atom stereocenters. The standard InChI is InChI=1S/C13H12N2S/c16-8-14-12-7-3-5-10-9-4-1-2-6-11(9)15-13(10)12/h3,5,7,15H,1-2,4,6H2. The Morgan fingerprint density at radius 3 is 3.00 bits per heavy atom. The van der Waals surface area contributed by atoms with Crippen molar-refractivity contribution < 1.29 is 0 Å². The smallest absolute Gasteiger partial charge is 0.0980 e. The Labute approximate surface area is 99.4 Å². The molecule has 0 fully saturated rings. The number of hydrogen-bond donors (Lipinski definition) is 1. The molecule has 0 saturated carbocycles. The Hall–Kier alpha value is -1.44. The summed E-state index contributed by atoms with van der Waals surface area (Å²) < 4.78 is 0. The van der Waals surface area contributed by atoms with Gasteiger partial charge >= 0.3 is 0 Å². The van der Waals surface area contributed by atoms with E-state index in [4.69, 9.17) is 0 Å². The minimum Gasteiger partial charge on any atom is -0.356 e. The quantitative estimate of drug-likeness (QED) is 0.584. The zero-order valence-corrected chi connectivity index (χ0v) is 9.73. The molecule has 0 amide bonds. The number of aliphatic imine (C=N–C) groups is 1. The number of rotatable bonds is 1. The van der Waals surface area contributed by atoms with E-state index < -0.39 is 0 Å². The van der Waals surface area contributed by atoms with Crippen molar-refractivity contribution in [1.82, 2.24) is 4.98 Å². The van der Waals surface area contributed by atoms with Crippen LogP contribution in [0.25, 0.3) is 10.9 Å². The van der Waals surface area contributed by atoms with Gasteiger partial charge in [0.15, 0.2) is 0 Å². The maximum atomic E-state index is 4.68. The highest BCUT2D eigenvalue weighted by Crippen LogP contribution is 2.33. The van der Waals surface area contributed by atoms with Crippen molar-refractivity contribution in [2.24, 2.45) is 4.99 Å². The molecule has 16 heavy (non-hydrogen) atoms. The largest absolute Gasteiger partial charge is 0.356 e. The van der Waals surface area contributed by atoms with Gasteiger partial charge in [-0.2, -0.15) is 4.99 Å². The minimum absolute atomic E-state index is 0.905. The van der Waals surface area contributed by atoms with Crippen LogP contribution in [0.4, 0.5) is 5.69 Å². The first kappa shape index (κ1) is 9.76. The third-order valence-electron chi connectivity index (χ3n) is 3.28. The number of aryl methyl sites for hydroxylation is 2. The average Bonchev–Trinajstić information content (AvgIpc) is 2.69. The number of aromatic nitrogens is 1. The van der Waals surface area contributed by atoms with E-state index in [2.05, 4.69) is 33.4 Å². The summed E-state index contributed by atoms with van der Waals surface area (Å²) in [7, 11) is 0. The molecule has 2 aromatic rings. The zero-order valence-electron chi connectivity index (χ0n) is 8.92. The maximum absolute atomic E-state index is 4.68. The molecule has 0 aliphatic heterocycles. The zero-order chi connectivity index (χ0) is 11.0. The number of aromatic amines is 1. The Kier molecular flexibility index (Phi) is 2.35. The van der Waals surface area contributed by atoms with Gasteiger partial charge in [0.2, 0.25) is 0 Å². The Morgan fingerprint density at radius 1 is 1.25 bits per heavy atom. The molecule has 3 rings (SSSR count). The topological polar surface area (TPSA) is 28.1 Å². The number of H-pyrrole nitrogens is 1. The lowest BCUT2D eigenvalue weighted by Gasteiger charge is -2.10. The maximum Gasteiger partial charge on any atom is 0.0980 e. The van der Waals surface area contributed by atoms with Crippen LogP contribution in [0.15, 0.2) is 23.2 Å². The average molecular weight is 228 g/mol. The lowest BCUT2D eigenvalue weighted by atomic mass is 9.96. The normalized spacial score (nSPS) is 14.5. The number of para-hydroxylation sites is 1. The molecule has 1 aromatic carbocycles. The highest BCUT2D eigenvalue weighted by Gasteiger charge is 2.16. The molecule has 0 bridgehead atoms. The molecule has 1 N–H and O–H groups in total. The fraction of sp³-hybridized carbons (Fsp3) is 0.308. The second kappa shape index (κ2) is 3.85. The molecule has 1 aliphatic rings. The Bertz CT molecular complexity index is 591. The highest BCUT2D eigenvalue weighted by molar-refractivity contribution is 7.78. The van der Waals surface area contributed by atoms with Crippen molar-refractivity contribution in [3.8, 4) is 0 Å². The van der Waals surface area contributed by atoms with Gasteiger partial charge in [-0.15, -0.1) is 0 Å². The predicted molar refractivity (Wildman–Crippen MR) is 69.6 cm³/mol. The lowest BCUT2D eigenvalue weighted by molar-refractivity contribution is 0.680. The second-order valence-electron chi connectivity index (χ2n) is 4.19. The van der Waals surface area contributed by atoms with E-state index in [0.29, 0.717) is 0 Å². The summed E-state index contributed by atoms with van der Waals surface area (Å²) in [6.45, 7) is 0. The van der Waals surface area contributed by atoms with Crippen LogP contribution in [0.1, 0.15) is 24.1 Å². The molecule has 1 heterocycles. The van der Waals surface area contributed by atoms with E-state index in [9.17, 15) is 0 Å². The lowest BCUT2D eigenvalue weighted by Crippen LogP contribution is -1.99. The van der Waals surface area contributed by atoms with Gasteiger partial charge in [-0.25, -0.2) is 0 Å². The number of isothiocyanates is 1. The molecular weight excluding hydrogens is 216 g/mol. The van der Waals surface area contributed by atoms with Crippen LogP contribution in [0.3, 0.4) is 0 Å². The summed E-state index contributed by atoms with van der Waals surface area (Å²) in [5.41, 5.74) is 4.88. The molecule has 80 valence electrons. The van der Waals surface area contributed by atoms with Crippen molar-refractivity contribution >= 4 is 34.0 Å². The monoisotopic (exact) mass is 228 g/mol. The molecular formula is C13H12N2S. The number of nitrogens with zero attached hydrogens (tertiary/aromatic N) is 1. The van der Waals surface area contributed by atoms with Gasteiger partial charge in [0, 0.05) is 11.1 Å². The molecule has 1 aromatic heterocycles. The van der Waals surface area contributed by atoms with Crippen molar-refractivity contribution in [3.05, 3.63) is 29.5 Å². The van der Waals surface area contributed by atoms with Crippen LogP contribution in [0.2, 0.25) is 0 Å². The second-order valence-corrected chi connectivity index (χ2v) is 4.37.